The maximum absolute atomic E-state index is 12.3. The van der Waals surface area contributed by atoms with Crippen molar-refractivity contribution in [3.8, 4) is 0 Å². The van der Waals surface area contributed by atoms with Crippen molar-refractivity contribution < 1.29 is 8.42 Å². The predicted molar refractivity (Wildman–Crippen MR) is 86.8 cm³/mol. The zero-order valence-corrected chi connectivity index (χ0v) is 15.2. The molecule has 1 aliphatic rings. The van der Waals surface area contributed by atoms with Crippen LogP contribution >= 0.6 is 27.3 Å². The summed E-state index contributed by atoms with van der Waals surface area (Å²) in [7, 11) is -3.41. The number of hydrogen-bond donors (Lipinski definition) is 2. The normalized spacial score (nSPS) is 22.9. The lowest BCUT2D eigenvalue weighted by molar-refractivity contribution is 0.182. The molecular formula is C13H21BrN2O2S2. The first-order chi connectivity index (χ1) is 9.22. The van der Waals surface area contributed by atoms with E-state index in [0.717, 1.165) is 28.7 Å². The minimum Gasteiger partial charge on any atom is -0.312 e. The molecule has 0 aliphatic carbocycles. The van der Waals surface area contributed by atoms with E-state index in [4.69, 9.17) is 0 Å². The van der Waals surface area contributed by atoms with Gasteiger partial charge in [-0.3, -0.25) is 0 Å². The Labute approximate surface area is 133 Å². The summed E-state index contributed by atoms with van der Waals surface area (Å²) in [6, 6.07) is 1.88. The van der Waals surface area contributed by atoms with Gasteiger partial charge < -0.3 is 5.32 Å². The van der Waals surface area contributed by atoms with Crippen LogP contribution in [-0.2, 0) is 10.0 Å². The summed E-state index contributed by atoms with van der Waals surface area (Å²) in [6.07, 6.45) is 2.27. The second kappa shape index (κ2) is 6.04. The molecule has 1 unspecified atom stereocenters. The van der Waals surface area contributed by atoms with Crippen molar-refractivity contribution in [2.75, 3.05) is 13.1 Å². The van der Waals surface area contributed by atoms with Gasteiger partial charge in [-0.05, 0) is 59.3 Å². The van der Waals surface area contributed by atoms with Gasteiger partial charge in [0.15, 0.2) is 0 Å². The summed E-state index contributed by atoms with van der Waals surface area (Å²) in [5.74, 6) is 0. The Kier molecular flexibility index (Phi) is 4.96. The van der Waals surface area contributed by atoms with E-state index >= 15 is 0 Å². The third kappa shape index (κ3) is 3.62. The first-order valence-corrected chi connectivity index (χ1v) is 9.81. The van der Waals surface area contributed by atoms with Crippen LogP contribution < -0.4 is 10.0 Å². The molecule has 1 aromatic heterocycles. The monoisotopic (exact) mass is 380 g/mol. The van der Waals surface area contributed by atoms with Crippen molar-refractivity contribution in [1.29, 1.82) is 0 Å². The van der Waals surface area contributed by atoms with Gasteiger partial charge in [-0.1, -0.05) is 13.8 Å². The van der Waals surface area contributed by atoms with Crippen LogP contribution in [0.15, 0.2) is 14.1 Å². The molecule has 2 rings (SSSR count). The fourth-order valence-corrected chi connectivity index (χ4v) is 5.76. The van der Waals surface area contributed by atoms with Crippen LogP contribution in [0.3, 0.4) is 0 Å². The number of rotatable bonds is 4. The lowest BCUT2D eigenvalue weighted by Gasteiger charge is -2.39. The fourth-order valence-electron chi connectivity index (χ4n) is 2.45. The number of halogens is 1. The summed E-state index contributed by atoms with van der Waals surface area (Å²) in [5.41, 5.74) is 1.07. The first kappa shape index (κ1) is 16.4. The molecule has 2 heterocycles. The zero-order valence-electron chi connectivity index (χ0n) is 12.0. The van der Waals surface area contributed by atoms with Crippen molar-refractivity contribution in [2.45, 2.75) is 43.9 Å². The number of thiophene rings is 1. The van der Waals surface area contributed by atoms with Gasteiger partial charge in [0, 0.05) is 12.6 Å². The molecule has 0 bridgehead atoms. The summed E-state index contributed by atoms with van der Waals surface area (Å²) in [5, 5.41) is 3.42. The lowest BCUT2D eigenvalue weighted by atomic mass is 9.78. The minimum absolute atomic E-state index is 0.118. The van der Waals surface area contributed by atoms with E-state index in [1.54, 1.807) is 6.07 Å². The molecular weight excluding hydrogens is 360 g/mol. The van der Waals surface area contributed by atoms with E-state index in [1.165, 1.54) is 11.3 Å². The molecule has 0 spiro atoms. The van der Waals surface area contributed by atoms with Crippen LogP contribution in [0.5, 0.6) is 0 Å². The van der Waals surface area contributed by atoms with E-state index in [9.17, 15) is 8.42 Å². The average Bonchev–Trinajstić information content (AvgIpc) is 2.69. The van der Waals surface area contributed by atoms with Crippen LogP contribution in [0, 0.1) is 12.3 Å². The molecule has 1 aromatic rings. The Morgan fingerprint density at radius 3 is 2.80 bits per heavy atom. The Bertz CT molecular complexity index is 562. The molecule has 1 saturated heterocycles. The van der Waals surface area contributed by atoms with Gasteiger partial charge in [0.25, 0.3) is 0 Å². The molecule has 0 radical (unpaired) electrons. The summed E-state index contributed by atoms with van der Waals surface area (Å²) in [4.78, 5) is 0. The predicted octanol–water partition coefficient (Wildman–Crippen LogP) is 2.88. The molecule has 0 aromatic carbocycles. The van der Waals surface area contributed by atoms with E-state index in [2.05, 4.69) is 39.8 Å². The topological polar surface area (TPSA) is 58.2 Å². The van der Waals surface area contributed by atoms with Crippen LogP contribution in [0.4, 0.5) is 0 Å². The smallest absolute Gasteiger partial charge is 0.250 e. The third-order valence-corrected chi connectivity index (χ3v) is 7.94. The van der Waals surface area contributed by atoms with Crippen LogP contribution in [0.1, 0.15) is 32.3 Å². The Balaban J connectivity index is 2.06. The van der Waals surface area contributed by atoms with Gasteiger partial charge in [-0.25, -0.2) is 13.1 Å². The van der Waals surface area contributed by atoms with E-state index in [-0.39, 0.29) is 11.5 Å². The van der Waals surface area contributed by atoms with Crippen LogP contribution in [-0.4, -0.2) is 27.5 Å². The average molecular weight is 381 g/mol. The molecule has 114 valence electrons. The molecule has 0 saturated carbocycles. The Hall–Kier alpha value is 0.0500. The molecule has 7 heteroatoms. The molecule has 0 amide bonds. The molecule has 1 fully saturated rings. The van der Waals surface area contributed by atoms with Crippen LogP contribution in [0.25, 0.3) is 0 Å². The molecule has 1 aliphatic heterocycles. The second-order valence-corrected chi connectivity index (χ2v) is 10.3. The summed E-state index contributed by atoms with van der Waals surface area (Å²) >= 11 is 4.62. The highest BCUT2D eigenvalue weighted by Crippen LogP contribution is 2.32. The lowest BCUT2D eigenvalue weighted by Crippen LogP contribution is -2.52. The third-order valence-electron chi connectivity index (χ3n) is 3.91. The summed E-state index contributed by atoms with van der Waals surface area (Å²) < 4.78 is 28.6. The van der Waals surface area contributed by atoms with Crippen molar-refractivity contribution in [2.24, 2.45) is 5.41 Å². The molecule has 4 nitrogen and oxygen atoms in total. The van der Waals surface area contributed by atoms with Crippen LogP contribution in [0.2, 0.25) is 0 Å². The molecule has 20 heavy (non-hydrogen) atoms. The zero-order chi connectivity index (χ0) is 15.0. The highest BCUT2D eigenvalue weighted by atomic mass is 79.9. The van der Waals surface area contributed by atoms with Crippen molar-refractivity contribution in [1.82, 2.24) is 10.0 Å². The fraction of sp³-hybridized carbons (Fsp3) is 0.692. The van der Waals surface area contributed by atoms with Gasteiger partial charge in [0.2, 0.25) is 10.0 Å². The quantitative estimate of drug-likeness (QED) is 0.843. The SMILES string of the molecule is Cc1cc(S(=O)(=O)NCC2NCCCC2(C)C)sc1Br. The minimum atomic E-state index is -3.41. The second-order valence-electron chi connectivity index (χ2n) is 5.97. The highest BCUT2D eigenvalue weighted by molar-refractivity contribution is 9.11. The van der Waals surface area contributed by atoms with Gasteiger partial charge in [0.05, 0.1) is 3.79 Å². The Morgan fingerprint density at radius 1 is 1.55 bits per heavy atom. The van der Waals surface area contributed by atoms with E-state index < -0.39 is 10.0 Å². The number of piperidine rings is 1. The maximum atomic E-state index is 12.3. The van der Waals surface area contributed by atoms with Crippen molar-refractivity contribution in [3.63, 3.8) is 0 Å². The number of sulfonamides is 1. The van der Waals surface area contributed by atoms with Gasteiger partial charge >= 0.3 is 0 Å². The molecule has 1 atom stereocenters. The van der Waals surface area contributed by atoms with Crippen molar-refractivity contribution in [3.05, 3.63) is 15.4 Å². The number of nitrogens with one attached hydrogen (secondary N) is 2. The standard InChI is InChI=1S/C13H21BrN2O2S2/c1-9-7-11(19-12(9)14)20(17,18)16-8-10-13(2,3)5-4-6-15-10/h7,10,15-16H,4-6,8H2,1-3H3. The molecule has 2 N–H and O–H groups in total. The maximum Gasteiger partial charge on any atom is 0.250 e. The van der Waals surface area contributed by atoms with Gasteiger partial charge in [-0.2, -0.15) is 0 Å². The van der Waals surface area contributed by atoms with Gasteiger partial charge in [-0.15, -0.1) is 11.3 Å². The number of aryl methyl sites for hydroxylation is 1. The Morgan fingerprint density at radius 2 is 2.25 bits per heavy atom. The first-order valence-electron chi connectivity index (χ1n) is 6.71. The number of hydrogen-bond acceptors (Lipinski definition) is 4. The van der Waals surface area contributed by atoms with E-state index in [1.807, 2.05) is 6.92 Å². The van der Waals surface area contributed by atoms with Crippen molar-refractivity contribution >= 4 is 37.3 Å². The van der Waals surface area contributed by atoms with E-state index in [0.29, 0.717) is 10.8 Å². The highest BCUT2D eigenvalue weighted by Gasteiger charge is 2.33. The largest absolute Gasteiger partial charge is 0.312 e. The summed E-state index contributed by atoms with van der Waals surface area (Å²) in [6.45, 7) is 7.66. The van der Waals surface area contributed by atoms with Gasteiger partial charge in [0.1, 0.15) is 4.21 Å².